The van der Waals surface area contributed by atoms with Gasteiger partial charge in [0.1, 0.15) is 18.8 Å². The summed E-state index contributed by atoms with van der Waals surface area (Å²) in [5.74, 6) is -2.83. The molecule has 16 rings (SSSR count). The molecule has 9 heterocycles. The molecule has 0 unspecified atom stereocenters. The van der Waals surface area contributed by atoms with E-state index in [1.165, 1.54) is 4.90 Å². The van der Waals surface area contributed by atoms with E-state index in [-0.39, 0.29) is 82.3 Å². The molecule has 3 N–H and O–H groups in total. The number of aromatic nitrogens is 9. The highest BCUT2D eigenvalue weighted by Crippen LogP contribution is 2.54. The fourth-order valence-corrected chi connectivity index (χ4v) is 15.9. The van der Waals surface area contributed by atoms with E-state index in [0.29, 0.717) is 61.5 Å². The molecule has 3 saturated heterocycles. The van der Waals surface area contributed by atoms with E-state index in [4.69, 9.17) is 5.26 Å². The lowest BCUT2D eigenvalue weighted by atomic mass is 9.69. The molecule has 6 amide bonds. The molecular formula is C67H79F5N16O6. The summed E-state index contributed by atoms with van der Waals surface area (Å²) in [4.78, 5) is 91.0. The molecule has 7 aliphatic carbocycles. The first-order valence-electron chi connectivity index (χ1n) is 33.8. The standard InChI is InChI=1S/C23H27F2N5O2.C22H26F3N5O2.C22H26N6O2/c24-23(25)12-16(23)20(32)29-11-10-22(13-29)8-6-14(7-9-22)17-2-1-3-18-26-21(28-30(17)18)27-19(31)15-4-5-15;23-22(24,25)12-18(31)29-11-10-21(13-29)8-6-14(7-9-21)16-2-1-3-17-26-20(28-30(16)17)27-19(32)15-4-5-15;23-12-8-19(29)27-13-11-22(14-27)9-6-15(7-10-22)17-2-1-3-18-24-21(26-28(17)18)25-20(30)16-4-5-16/h1-3,14-16H,4-13H2,(H,27,28,31);1-3,14-15H,4-13H2,(H,27,28,32);1-3,15-16H,4-11,13-14H2,(H,25,26,30)/t14?,16-,22?;;/m0../s1. The Hall–Kier alpha value is -8.18. The van der Waals surface area contributed by atoms with Crippen LogP contribution in [0.3, 0.4) is 0 Å². The Morgan fingerprint density at radius 2 is 0.819 bits per heavy atom. The number of alkyl halides is 5. The van der Waals surface area contributed by atoms with Crippen LogP contribution >= 0.6 is 0 Å². The normalized spacial score (nSPS) is 27.9. The van der Waals surface area contributed by atoms with Crippen molar-refractivity contribution in [1.82, 2.24) is 58.5 Å². The second-order valence-electron chi connectivity index (χ2n) is 28.9. The number of hydrogen-bond donors (Lipinski definition) is 3. The molecule has 10 aliphatic rings. The van der Waals surface area contributed by atoms with Gasteiger partial charge in [-0.1, -0.05) is 18.2 Å². The van der Waals surface area contributed by atoms with E-state index in [9.17, 15) is 50.7 Å². The van der Waals surface area contributed by atoms with Gasteiger partial charge in [-0.2, -0.15) is 33.4 Å². The quantitative estimate of drug-likeness (QED) is 0.0964. The number of nitrogens with one attached hydrogen (secondary N) is 3. The molecule has 27 heteroatoms. The van der Waals surface area contributed by atoms with Gasteiger partial charge in [0.25, 0.3) is 5.92 Å². The minimum atomic E-state index is -4.46. The summed E-state index contributed by atoms with van der Waals surface area (Å²) < 4.78 is 69.9. The van der Waals surface area contributed by atoms with Crippen LogP contribution in [0.4, 0.5) is 39.8 Å². The molecule has 0 radical (unpaired) electrons. The summed E-state index contributed by atoms with van der Waals surface area (Å²) in [6, 6.07) is 19.7. The predicted octanol–water partition coefficient (Wildman–Crippen LogP) is 10.4. The molecule has 3 spiro atoms. The van der Waals surface area contributed by atoms with Gasteiger partial charge in [0.05, 0.1) is 6.07 Å². The van der Waals surface area contributed by atoms with Gasteiger partial charge in [0.15, 0.2) is 16.9 Å². The van der Waals surface area contributed by atoms with Crippen LogP contribution < -0.4 is 16.0 Å². The average molecular weight is 1300 g/mol. The lowest BCUT2D eigenvalue weighted by molar-refractivity contribution is -0.161. The van der Waals surface area contributed by atoms with Crippen LogP contribution in [-0.4, -0.2) is 145 Å². The van der Waals surface area contributed by atoms with Crippen molar-refractivity contribution >= 4 is 70.2 Å². The summed E-state index contributed by atoms with van der Waals surface area (Å²) in [5, 5.41) is 30.9. The van der Waals surface area contributed by atoms with Gasteiger partial charge in [0.2, 0.25) is 53.3 Å². The Labute approximate surface area is 539 Å². The maximum absolute atomic E-state index is 13.3. The number of nitrogens with zero attached hydrogens (tertiary/aromatic N) is 13. The van der Waals surface area contributed by atoms with Gasteiger partial charge in [-0.3, -0.25) is 44.7 Å². The number of fused-ring (bicyclic) bond motifs is 3. The number of carbonyl (C=O) groups excluding carboxylic acids is 6. The summed E-state index contributed by atoms with van der Waals surface area (Å²) in [5.41, 5.74) is 5.56. The number of pyridine rings is 3. The number of likely N-dealkylation sites (tertiary alicyclic amines) is 3. The molecule has 1 atom stereocenters. The van der Waals surface area contributed by atoms with Gasteiger partial charge < -0.3 is 14.7 Å². The lowest BCUT2D eigenvalue weighted by Crippen LogP contribution is -2.36. The molecule has 498 valence electrons. The molecular weight excluding hydrogens is 1220 g/mol. The van der Waals surface area contributed by atoms with Crippen molar-refractivity contribution in [2.75, 3.05) is 55.2 Å². The molecule has 10 fully saturated rings. The highest BCUT2D eigenvalue weighted by atomic mass is 19.4. The summed E-state index contributed by atoms with van der Waals surface area (Å²) in [7, 11) is 0. The van der Waals surface area contributed by atoms with Crippen LogP contribution in [0.15, 0.2) is 54.6 Å². The number of nitriles is 1. The van der Waals surface area contributed by atoms with Crippen molar-refractivity contribution in [2.45, 2.75) is 184 Å². The lowest BCUT2D eigenvalue weighted by Gasteiger charge is -2.37. The average Bonchev–Trinajstić information content (AvgIpc) is 1.62. The highest BCUT2D eigenvalue weighted by molar-refractivity contribution is 5.94. The van der Waals surface area contributed by atoms with E-state index in [0.717, 1.165) is 176 Å². The third-order valence-electron chi connectivity index (χ3n) is 22.1. The Morgan fingerprint density at radius 3 is 1.14 bits per heavy atom. The summed E-state index contributed by atoms with van der Waals surface area (Å²) >= 11 is 0. The number of amides is 6. The van der Waals surface area contributed by atoms with Crippen molar-refractivity contribution in [3.63, 3.8) is 0 Å². The zero-order chi connectivity index (χ0) is 65.3. The van der Waals surface area contributed by atoms with Crippen LogP contribution in [0.5, 0.6) is 0 Å². The predicted molar refractivity (Wildman–Crippen MR) is 331 cm³/mol. The monoisotopic (exact) mass is 1300 g/mol. The molecule has 0 bridgehead atoms. The second-order valence-corrected chi connectivity index (χ2v) is 28.9. The SMILES string of the molecule is N#CCC(=O)N1CCC2(CCC(c3cccc4nc(NC(=O)C5CC5)nn34)CC2)C1.O=C(Nc1nc2cccc(C3CCC4(CC3)CCN(C(=O)CC(F)(F)F)C4)n2n1)C1CC1.O=C(Nc1nc2cccc(C3CCC4(CC3)CCN(C(=O)[C@@H]3CC3(F)F)C4)n2n1)C1CC1. The molecule has 3 aliphatic heterocycles. The molecule has 0 aromatic carbocycles. The van der Waals surface area contributed by atoms with Crippen molar-refractivity contribution in [3.05, 3.63) is 71.7 Å². The van der Waals surface area contributed by atoms with Crippen molar-refractivity contribution < 1.29 is 50.7 Å². The van der Waals surface area contributed by atoms with E-state index in [1.54, 1.807) is 9.42 Å². The first kappa shape index (κ1) is 63.2. The van der Waals surface area contributed by atoms with Gasteiger partial charge in [-0.15, -0.1) is 15.3 Å². The van der Waals surface area contributed by atoms with Gasteiger partial charge in [-0.25, -0.2) is 22.3 Å². The van der Waals surface area contributed by atoms with Crippen LogP contribution in [0.2, 0.25) is 0 Å². The van der Waals surface area contributed by atoms with Crippen LogP contribution in [0.25, 0.3) is 16.9 Å². The number of carbonyl (C=O) groups is 6. The summed E-state index contributed by atoms with van der Waals surface area (Å²) in [6.07, 6.45) is 13.7. The fraction of sp³-hybridized carbons (Fsp3) is 0.627. The molecule has 22 nitrogen and oxygen atoms in total. The third kappa shape index (κ3) is 13.7. The Balaban J connectivity index is 0.000000122. The van der Waals surface area contributed by atoms with Gasteiger partial charge in [-0.05, 0) is 187 Å². The van der Waals surface area contributed by atoms with Crippen molar-refractivity contribution in [2.24, 2.45) is 39.9 Å². The first-order chi connectivity index (χ1) is 45.1. The first-order valence-corrected chi connectivity index (χ1v) is 33.8. The smallest absolute Gasteiger partial charge is 0.342 e. The van der Waals surface area contributed by atoms with Crippen LogP contribution in [0, 0.1) is 51.2 Å². The number of hydrogen-bond acceptors (Lipinski definition) is 13. The van der Waals surface area contributed by atoms with Crippen LogP contribution in [-0.2, 0) is 28.8 Å². The molecule has 7 saturated carbocycles. The third-order valence-corrected chi connectivity index (χ3v) is 22.1. The number of halogens is 5. The van der Waals surface area contributed by atoms with Gasteiger partial charge in [0, 0.05) is 98.3 Å². The minimum absolute atomic E-state index is 0.00800. The molecule has 6 aromatic rings. The zero-order valence-electron chi connectivity index (χ0n) is 52.6. The van der Waals surface area contributed by atoms with E-state index < -0.39 is 30.3 Å². The highest BCUT2D eigenvalue weighted by Gasteiger charge is 2.63. The Bertz CT molecular complexity index is 3950. The van der Waals surface area contributed by atoms with Gasteiger partial charge >= 0.3 is 6.18 Å². The maximum Gasteiger partial charge on any atom is 0.397 e. The zero-order valence-corrected chi connectivity index (χ0v) is 52.6. The topological polar surface area (TPSA) is 263 Å². The fourth-order valence-electron chi connectivity index (χ4n) is 15.9. The van der Waals surface area contributed by atoms with Crippen molar-refractivity contribution in [1.29, 1.82) is 5.26 Å². The van der Waals surface area contributed by atoms with E-state index in [1.807, 2.05) is 62.5 Å². The maximum atomic E-state index is 13.3. The van der Waals surface area contributed by atoms with Crippen molar-refractivity contribution in [3.8, 4) is 6.07 Å². The summed E-state index contributed by atoms with van der Waals surface area (Å²) in [6.45, 7) is 3.58. The van der Waals surface area contributed by atoms with E-state index in [2.05, 4.69) is 58.3 Å². The van der Waals surface area contributed by atoms with E-state index >= 15 is 0 Å². The molecule has 94 heavy (non-hydrogen) atoms. The Kier molecular flexibility index (Phi) is 16.7. The Morgan fingerprint density at radius 1 is 0.489 bits per heavy atom. The number of rotatable bonds is 12. The molecule has 6 aromatic heterocycles. The second kappa shape index (κ2) is 24.9. The largest absolute Gasteiger partial charge is 0.397 e. The number of anilines is 3. The minimum Gasteiger partial charge on any atom is -0.342 e. The van der Waals surface area contributed by atoms with Crippen LogP contribution in [0.1, 0.15) is 189 Å².